The number of rotatable bonds is 3. The number of aliphatic imine (C=N–C) groups is 1. The van der Waals surface area contributed by atoms with Crippen LogP contribution in [-0.4, -0.2) is 15.7 Å². The van der Waals surface area contributed by atoms with E-state index in [-0.39, 0.29) is 5.96 Å². The van der Waals surface area contributed by atoms with Gasteiger partial charge in [-0.1, -0.05) is 12.1 Å². The summed E-state index contributed by atoms with van der Waals surface area (Å²) in [5, 5.41) is 0. The molecular formula is C8H13N4O3P. The molecule has 0 saturated heterocycles. The van der Waals surface area contributed by atoms with Crippen molar-refractivity contribution in [1.29, 1.82) is 0 Å². The fourth-order valence-corrected chi connectivity index (χ4v) is 1.65. The van der Waals surface area contributed by atoms with Crippen LogP contribution < -0.4 is 17.2 Å². The van der Waals surface area contributed by atoms with Crippen molar-refractivity contribution in [3.05, 3.63) is 29.8 Å². The van der Waals surface area contributed by atoms with Crippen molar-refractivity contribution >= 4 is 19.2 Å². The monoisotopic (exact) mass is 244 g/mol. The highest BCUT2D eigenvalue weighted by atomic mass is 31.2. The quantitative estimate of drug-likeness (QED) is 0.280. The van der Waals surface area contributed by atoms with Gasteiger partial charge in [-0.05, 0) is 17.7 Å². The van der Waals surface area contributed by atoms with Crippen molar-refractivity contribution in [3.8, 4) is 0 Å². The number of benzene rings is 1. The van der Waals surface area contributed by atoms with Gasteiger partial charge in [0.15, 0.2) is 5.96 Å². The molecule has 0 aromatic heterocycles. The summed E-state index contributed by atoms with van der Waals surface area (Å²) in [5.41, 5.74) is 16.5. The molecule has 0 unspecified atom stereocenters. The highest BCUT2D eigenvalue weighted by Crippen LogP contribution is 2.48. The van der Waals surface area contributed by atoms with Crippen molar-refractivity contribution in [1.82, 2.24) is 0 Å². The van der Waals surface area contributed by atoms with E-state index >= 15 is 0 Å². The molecule has 0 bridgehead atoms. The van der Waals surface area contributed by atoms with Gasteiger partial charge in [-0.2, -0.15) is 0 Å². The normalized spacial score (nSPS) is 13.2. The zero-order valence-corrected chi connectivity index (χ0v) is 9.21. The predicted octanol–water partition coefficient (Wildman–Crippen LogP) is -0.273. The zero-order valence-electron chi connectivity index (χ0n) is 8.32. The molecule has 1 aromatic carbocycles. The summed E-state index contributed by atoms with van der Waals surface area (Å²) in [6.45, 7) is 0. The van der Waals surface area contributed by atoms with E-state index in [1.54, 1.807) is 0 Å². The van der Waals surface area contributed by atoms with Crippen molar-refractivity contribution in [3.63, 3.8) is 0 Å². The molecule has 1 rings (SSSR count). The van der Waals surface area contributed by atoms with Gasteiger partial charge in [0.1, 0.15) is 5.78 Å². The second-order valence-corrected chi connectivity index (χ2v) is 4.90. The van der Waals surface area contributed by atoms with Gasteiger partial charge in [-0.25, -0.2) is 4.99 Å². The predicted molar refractivity (Wildman–Crippen MR) is 60.9 cm³/mol. The molecular weight excluding hydrogens is 231 g/mol. The van der Waals surface area contributed by atoms with Crippen LogP contribution in [0.25, 0.3) is 0 Å². The molecule has 0 aliphatic heterocycles. The summed E-state index contributed by atoms with van der Waals surface area (Å²) in [6, 6.07) is 5.96. The van der Waals surface area contributed by atoms with Gasteiger partial charge in [-0.15, -0.1) is 0 Å². The minimum Gasteiger partial charge on any atom is -0.370 e. The molecule has 0 saturated carbocycles. The molecule has 8 heteroatoms. The van der Waals surface area contributed by atoms with E-state index in [4.69, 9.17) is 27.0 Å². The first kappa shape index (κ1) is 12.7. The van der Waals surface area contributed by atoms with Crippen LogP contribution in [-0.2, 0) is 4.57 Å². The summed E-state index contributed by atoms with van der Waals surface area (Å²) in [5.74, 6) is -1.42. The third-order valence-corrected chi connectivity index (χ3v) is 2.88. The van der Waals surface area contributed by atoms with Crippen LogP contribution in [0.5, 0.6) is 0 Å². The Balaban J connectivity index is 2.96. The maximum absolute atomic E-state index is 10.9. The number of hydrogen-bond acceptors (Lipinski definition) is 3. The van der Waals surface area contributed by atoms with E-state index in [0.29, 0.717) is 11.3 Å². The van der Waals surface area contributed by atoms with Gasteiger partial charge in [0.25, 0.3) is 0 Å². The van der Waals surface area contributed by atoms with Crippen LogP contribution in [0.3, 0.4) is 0 Å². The van der Waals surface area contributed by atoms with Crippen molar-refractivity contribution in [2.75, 3.05) is 0 Å². The molecule has 0 amide bonds. The van der Waals surface area contributed by atoms with E-state index in [0.717, 1.165) is 0 Å². The molecule has 1 aromatic rings. The SMILES string of the molecule is NC(N)=Nc1ccc([C@H](N)P(=O)(O)O)cc1. The average molecular weight is 244 g/mol. The van der Waals surface area contributed by atoms with Gasteiger partial charge in [-0.3, -0.25) is 4.57 Å². The first-order chi connectivity index (χ1) is 7.30. The Morgan fingerprint density at radius 1 is 1.25 bits per heavy atom. The van der Waals surface area contributed by atoms with Crippen LogP contribution in [0.15, 0.2) is 29.3 Å². The van der Waals surface area contributed by atoms with Gasteiger partial charge >= 0.3 is 7.60 Å². The molecule has 0 radical (unpaired) electrons. The molecule has 0 aliphatic carbocycles. The number of nitrogens with two attached hydrogens (primary N) is 3. The number of guanidine groups is 1. The molecule has 1 atom stereocenters. The van der Waals surface area contributed by atoms with Gasteiger partial charge in [0, 0.05) is 0 Å². The van der Waals surface area contributed by atoms with Crippen LogP contribution in [0.4, 0.5) is 5.69 Å². The molecule has 0 aliphatic rings. The lowest BCUT2D eigenvalue weighted by Crippen LogP contribution is -2.21. The minimum atomic E-state index is -4.33. The van der Waals surface area contributed by atoms with E-state index in [1.807, 2.05) is 0 Å². The van der Waals surface area contributed by atoms with Gasteiger partial charge in [0.05, 0.1) is 5.69 Å². The molecule has 88 valence electrons. The minimum absolute atomic E-state index is 0.0907. The fraction of sp³-hybridized carbons (Fsp3) is 0.125. The zero-order chi connectivity index (χ0) is 12.3. The Labute approximate surface area is 92.1 Å². The molecule has 16 heavy (non-hydrogen) atoms. The topological polar surface area (TPSA) is 148 Å². The Kier molecular flexibility index (Phi) is 3.66. The summed E-state index contributed by atoms with van der Waals surface area (Å²) >= 11 is 0. The smallest absolute Gasteiger partial charge is 0.346 e. The summed E-state index contributed by atoms with van der Waals surface area (Å²) in [6.07, 6.45) is 0. The third-order valence-electron chi connectivity index (χ3n) is 1.86. The number of hydrogen-bond donors (Lipinski definition) is 5. The van der Waals surface area contributed by atoms with E-state index in [2.05, 4.69) is 4.99 Å². The van der Waals surface area contributed by atoms with E-state index in [9.17, 15) is 4.57 Å². The summed E-state index contributed by atoms with van der Waals surface area (Å²) in [7, 11) is -4.33. The number of nitrogens with zero attached hydrogens (tertiary/aromatic N) is 1. The second kappa shape index (κ2) is 4.63. The lowest BCUT2D eigenvalue weighted by atomic mass is 10.2. The van der Waals surface area contributed by atoms with Crippen molar-refractivity contribution < 1.29 is 14.4 Å². The largest absolute Gasteiger partial charge is 0.370 e. The standard InChI is InChI=1S/C8H13N4O3P/c9-7(16(13,14)15)5-1-3-6(4-2-5)12-8(10)11/h1-4,7H,9H2,(H4,10,11,12)(H2,13,14,15)/t7-/m1/s1. The lowest BCUT2D eigenvalue weighted by Gasteiger charge is -2.13. The highest BCUT2D eigenvalue weighted by molar-refractivity contribution is 7.52. The maximum Gasteiger partial charge on any atom is 0.346 e. The molecule has 0 heterocycles. The average Bonchev–Trinajstić information content (AvgIpc) is 2.15. The molecule has 0 fully saturated rings. The van der Waals surface area contributed by atoms with Crippen molar-refractivity contribution in [2.24, 2.45) is 22.2 Å². The fourth-order valence-electron chi connectivity index (χ4n) is 1.09. The Bertz CT molecular complexity index is 435. The van der Waals surface area contributed by atoms with Crippen LogP contribution in [0, 0.1) is 0 Å². The van der Waals surface area contributed by atoms with Crippen LogP contribution >= 0.6 is 7.60 Å². The first-order valence-electron chi connectivity index (χ1n) is 4.31. The Hall–Kier alpha value is -1.40. The highest BCUT2D eigenvalue weighted by Gasteiger charge is 2.25. The van der Waals surface area contributed by atoms with Gasteiger partial charge < -0.3 is 27.0 Å². The summed E-state index contributed by atoms with van der Waals surface area (Å²) in [4.78, 5) is 21.5. The molecule has 8 N–H and O–H groups in total. The Morgan fingerprint density at radius 3 is 2.12 bits per heavy atom. The Morgan fingerprint density at radius 2 is 1.75 bits per heavy atom. The molecule has 0 spiro atoms. The molecule has 7 nitrogen and oxygen atoms in total. The van der Waals surface area contributed by atoms with Gasteiger partial charge in [0.2, 0.25) is 0 Å². The maximum atomic E-state index is 10.9. The van der Waals surface area contributed by atoms with Crippen LogP contribution in [0.2, 0.25) is 0 Å². The van der Waals surface area contributed by atoms with Crippen LogP contribution in [0.1, 0.15) is 11.3 Å². The third kappa shape index (κ3) is 3.32. The lowest BCUT2D eigenvalue weighted by molar-refractivity contribution is 0.359. The second-order valence-electron chi connectivity index (χ2n) is 3.16. The van der Waals surface area contributed by atoms with E-state index < -0.39 is 13.4 Å². The van der Waals surface area contributed by atoms with E-state index in [1.165, 1.54) is 24.3 Å². The van der Waals surface area contributed by atoms with Crippen molar-refractivity contribution in [2.45, 2.75) is 5.78 Å². The summed E-state index contributed by atoms with van der Waals surface area (Å²) < 4.78 is 10.9. The first-order valence-corrected chi connectivity index (χ1v) is 5.99.